The monoisotopic (exact) mass is 203 g/mol. The first-order valence-corrected chi connectivity index (χ1v) is 5.20. The van der Waals surface area contributed by atoms with Crippen LogP contribution in [0.2, 0.25) is 5.11 Å². The highest BCUT2D eigenvalue weighted by Gasteiger charge is 2.11. The summed E-state index contributed by atoms with van der Waals surface area (Å²) in [5, 5.41) is 8.88. The summed E-state index contributed by atoms with van der Waals surface area (Å²) in [6.07, 6.45) is 2.39. The van der Waals surface area contributed by atoms with Crippen molar-refractivity contribution in [3.63, 3.8) is 0 Å². The van der Waals surface area contributed by atoms with E-state index in [1.165, 1.54) is 0 Å². The Morgan fingerprint density at radius 3 is 2.53 bits per heavy atom. The van der Waals surface area contributed by atoms with Crippen LogP contribution in [-0.4, -0.2) is 46.8 Å². The van der Waals surface area contributed by atoms with Crippen LogP contribution in [0.15, 0.2) is 18.3 Å². The van der Waals surface area contributed by atoms with E-state index < -0.39 is 0 Å². The lowest BCUT2D eigenvalue weighted by Gasteiger charge is -2.17. The third-order valence-electron chi connectivity index (χ3n) is 1.85. The topological polar surface area (TPSA) is 42.4 Å². The van der Waals surface area contributed by atoms with Crippen molar-refractivity contribution in [2.45, 2.75) is 11.5 Å². The van der Waals surface area contributed by atoms with Crippen LogP contribution >= 0.6 is 0 Å². The summed E-state index contributed by atoms with van der Waals surface area (Å²) in [7, 11) is 6.35. The van der Waals surface area contributed by atoms with Gasteiger partial charge in [-0.2, -0.15) is 0 Å². The molecule has 1 N–H and O–H groups in total. The van der Waals surface area contributed by atoms with E-state index in [9.17, 15) is 0 Å². The molecule has 0 bridgehead atoms. The fourth-order valence-corrected chi connectivity index (χ4v) is 1.06. The van der Waals surface area contributed by atoms with E-state index in [2.05, 4.69) is 28.5 Å². The van der Waals surface area contributed by atoms with Crippen molar-refractivity contribution < 1.29 is 9.84 Å². The maximum Gasteiger partial charge on any atom is 0.213 e. The van der Waals surface area contributed by atoms with Crippen molar-refractivity contribution in [1.29, 1.82) is 0 Å². The second-order valence-corrected chi connectivity index (χ2v) is 4.83. The molecule has 6 heteroatoms. The number of aromatic nitrogens is 1. The third kappa shape index (κ3) is 4.93. The Hall–Kier alpha value is -0.895. The first-order chi connectivity index (χ1) is 7.01. The first-order valence-electron chi connectivity index (χ1n) is 5.20. The molecule has 78 valence electrons. The van der Waals surface area contributed by atoms with Gasteiger partial charge in [-0.25, -0.2) is 4.98 Å². The zero-order valence-electron chi connectivity index (χ0n) is 9.66. The van der Waals surface area contributed by atoms with E-state index >= 15 is 0 Å². The van der Waals surface area contributed by atoms with Crippen LogP contribution in [0.1, 0.15) is 5.56 Å². The van der Waals surface area contributed by atoms with Crippen molar-refractivity contribution in [2.24, 2.45) is 0 Å². The Kier molecular flexibility index (Phi) is 4.27. The molecule has 1 aromatic rings. The Morgan fingerprint density at radius 1 is 1.33 bits per heavy atom. The quantitative estimate of drug-likeness (QED) is 0.560. The van der Waals surface area contributed by atoms with E-state index in [0.29, 0.717) is 18.9 Å². The number of hydrogen-bond acceptors (Lipinski definition) is 3. The van der Waals surface area contributed by atoms with E-state index in [1.807, 2.05) is 12.1 Å². The Balaban J connectivity index is 2.50. The highest BCUT2D eigenvalue weighted by molar-refractivity contribution is 6.59. The van der Waals surface area contributed by atoms with E-state index in [-0.39, 0.29) is 11.7 Å². The number of nitrogens with zero attached hydrogens (tertiary/aromatic N) is 1. The predicted octanol–water partition coefficient (Wildman–Crippen LogP) is -2.03. The van der Waals surface area contributed by atoms with Gasteiger partial charge in [0.1, 0.15) is 0 Å². The van der Waals surface area contributed by atoms with Gasteiger partial charge in [0.25, 0.3) is 0 Å². The van der Waals surface area contributed by atoms with Gasteiger partial charge in [0.05, 0.1) is 30.1 Å². The van der Waals surface area contributed by atoms with Gasteiger partial charge >= 0.3 is 0 Å². The fourth-order valence-electron chi connectivity index (χ4n) is 1.06. The third-order valence-corrected chi connectivity index (χ3v) is 1.85. The van der Waals surface area contributed by atoms with E-state index in [0.717, 1.165) is 5.56 Å². The smallest absolute Gasteiger partial charge is 0.213 e. The molecular weight excluding hydrogens is 187 g/mol. The lowest BCUT2D eigenvalue weighted by atomic mass is 9.43. The minimum atomic E-state index is 0.144. The second kappa shape index (κ2) is 5.26. The molecular formula is C9H16B3NO2. The van der Waals surface area contributed by atoms with Gasteiger partial charge in [-0.05, 0) is 12.0 Å². The van der Waals surface area contributed by atoms with Gasteiger partial charge in [0.2, 0.25) is 5.88 Å². The number of ether oxygens (including phenoxy) is 1. The summed E-state index contributed by atoms with van der Waals surface area (Å²) in [6, 6.07) is 3.78. The molecule has 0 aliphatic carbocycles. The van der Waals surface area contributed by atoms with Crippen molar-refractivity contribution in [2.75, 3.05) is 13.2 Å². The Labute approximate surface area is 93.5 Å². The van der Waals surface area contributed by atoms with Gasteiger partial charge < -0.3 is 9.84 Å². The highest BCUT2D eigenvalue weighted by Crippen LogP contribution is 2.13. The molecule has 0 aromatic carbocycles. The number of pyridine rings is 1. The van der Waals surface area contributed by atoms with Crippen LogP contribution in [0.25, 0.3) is 0 Å². The Bertz CT molecular complexity index is 297. The van der Waals surface area contributed by atoms with Crippen molar-refractivity contribution in [3.05, 3.63) is 23.9 Å². The van der Waals surface area contributed by atoms with Gasteiger partial charge in [0.15, 0.2) is 0 Å². The molecule has 0 spiro atoms. The standard InChI is InChI=1S/C9H16B3NO2/c10-9(11,12)6-15-8-2-1-7(3-4-14)5-13-8/h1-2,5,14H,3-4,6,10-12H2. The molecule has 0 atom stereocenters. The minimum absolute atomic E-state index is 0.144. The zero-order chi connectivity index (χ0) is 11.3. The molecule has 0 saturated heterocycles. The molecule has 1 rings (SSSR count). The molecule has 1 aromatic heterocycles. The molecule has 0 saturated carbocycles. The van der Waals surface area contributed by atoms with Crippen LogP contribution in [-0.2, 0) is 6.42 Å². The SMILES string of the molecule is BC(B)(B)COc1ccc(CCO)cn1. The summed E-state index contributed by atoms with van der Waals surface area (Å²) in [5.41, 5.74) is 1.03. The summed E-state index contributed by atoms with van der Waals surface area (Å²) in [5.74, 6) is 0.645. The molecule has 15 heavy (non-hydrogen) atoms. The summed E-state index contributed by atoms with van der Waals surface area (Å²) < 4.78 is 5.53. The minimum Gasteiger partial charge on any atom is -0.479 e. The molecule has 3 nitrogen and oxygen atoms in total. The predicted molar refractivity (Wildman–Crippen MR) is 68.8 cm³/mol. The van der Waals surface area contributed by atoms with E-state index in [1.54, 1.807) is 6.20 Å². The molecule has 1 heterocycles. The van der Waals surface area contributed by atoms with Crippen LogP contribution in [0.5, 0.6) is 5.88 Å². The van der Waals surface area contributed by atoms with Crippen molar-refractivity contribution in [3.8, 4) is 5.88 Å². The number of aliphatic hydroxyl groups excluding tert-OH is 1. The van der Waals surface area contributed by atoms with Gasteiger partial charge in [-0.15, -0.1) is 0 Å². The van der Waals surface area contributed by atoms with Crippen LogP contribution in [0, 0.1) is 0 Å². The average Bonchev–Trinajstić information content (AvgIpc) is 2.16. The largest absolute Gasteiger partial charge is 0.479 e. The molecule has 0 amide bonds. The summed E-state index contributed by atoms with van der Waals surface area (Å²) in [4.78, 5) is 4.17. The lowest BCUT2D eigenvalue weighted by molar-refractivity contribution is 0.298. The highest BCUT2D eigenvalue weighted by atomic mass is 16.5. The molecule has 0 fully saturated rings. The summed E-state index contributed by atoms with van der Waals surface area (Å²) >= 11 is 0. The summed E-state index contributed by atoms with van der Waals surface area (Å²) in [6.45, 7) is 0.809. The van der Waals surface area contributed by atoms with Crippen molar-refractivity contribution >= 4 is 23.5 Å². The number of hydrogen-bond donors (Lipinski definition) is 1. The second-order valence-electron chi connectivity index (χ2n) is 4.83. The molecule has 0 aliphatic heterocycles. The van der Waals surface area contributed by atoms with Crippen molar-refractivity contribution in [1.82, 2.24) is 4.98 Å². The van der Waals surface area contributed by atoms with Crippen LogP contribution in [0.3, 0.4) is 0 Å². The maximum absolute atomic E-state index is 8.74. The van der Waals surface area contributed by atoms with E-state index in [4.69, 9.17) is 9.84 Å². The van der Waals surface area contributed by atoms with Crippen LogP contribution in [0.4, 0.5) is 0 Å². The number of rotatable bonds is 5. The van der Waals surface area contributed by atoms with Gasteiger partial charge in [0, 0.05) is 18.9 Å². The van der Waals surface area contributed by atoms with Gasteiger partial charge in [-0.3, -0.25) is 0 Å². The molecule has 0 aliphatic rings. The Morgan fingerprint density at radius 2 is 2.07 bits per heavy atom. The maximum atomic E-state index is 8.74. The zero-order valence-corrected chi connectivity index (χ0v) is 9.66. The average molecular weight is 203 g/mol. The van der Waals surface area contributed by atoms with Gasteiger partial charge in [-0.1, -0.05) is 11.2 Å². The normalized spacial score (nSPS) is 11.3. The number of aliphatic hydroxyl groups is 1. The first kappa shape index (κ1) is 12.2. The molecule has 0 unspecified atom stereocenters. The fraction of sp³-hybridized carbons (Fsp3) is 0.444. The molecule has 0 radical (unpaired) electrons. The van der Waals surface area contributed by atoms with Crippen LogP contribution < -0.4 is 4.74 Å². The lowest BCUT2D eigenvalue weighted by Crippen LogP contribution is -2.22.